The maximum Gasteiger partial charge on any atom is 0.352 e. The smallest absolute Gasteiger partial charge is 0.352 e. The lowest BCUT2D eigenvalue weighted by Gasteiger charge is -2.49. The molecule has 1 fully saturated rings. The van der Waals surface area contributed by atoms with E-state index in [9.17, 15) is 24.3 Å². The Morgan fingerprint density at radius 2 is 2.24 bits per heavy atom. The third-order valence-electron chi connectivity index (χ3n) is 4.07. The molecule has 0 bridgehead atoms. The van der Waals surface area contributed by atoms with Crippen LogP contribution in [0.3, 0.4) is 0 Å². The van der Waals surface area contributed by atoms with Gasteiger partial charge < -0.3 is 30.5 Å². The van der Waals surface area contributed by atoms with E-state index >= 15 is 0 Å². The standard InChI is InChI=1S/C15H15N5O8S/c1-5(21)27-2-6-4-29-13-9(12(23)20(13)10(6)14(24)25)18-11(22)8(19-26)7-3-28-15(16)17-7/h3,9,13,26H,2,4H2,1H3,(H2,16,17)(H,18,22)(H,24,25)/b19-8-/t9?,13-/m1/s1. The Bertz CT molecular complexity index is 954. The number of carbonyl (C=O) groups is 4. The third kappa shape index (κ3) is 3.73. The van der Waals surface area contributed by atoms with Crippen LogP contribution in [-0.2, 0) is 23.9 Å². The Morgan fingerprint density at radius 1 is 1.52 bits per heavy atom. The second-order valence-electron chi connectivity index (χ2n) is 5.92. The number of nitrogens with one attached hydrogen (secondary N) is 1. The minimum atomic E-state index is -1.36. The number of nitrogen functional groups attached to an aromatic ring is 1. The Morgan fingerprint density at radius 3 is 2.79 bits per heavy atom. The Labute approximate surface area is 166 Å². The highest BCUT2D eigenvalue weighted by Crippen LogP contribution is 2.40. The normalized spacial score (nSPS) is 21.3. The fourth-order valence-corrected chi connectivity index (χ4v) is 4.13. The van der Waals surface area contributed by atoms with E-state index in [1.807, 2.05) is 0 Å². The van der Waals surface area contributed by atoms with E-state index < -0.39 is 40.9 Å². The molecule has 1 unspecified atom stereocenters. The minimum Gasteiger partial charge on any atom is -0.477 e. The van der Waals surface area contributed by atoms with Gasteiger partial charge in [-0.05, 0) is 0 Å². The van der Waals surface area contributed by atoms with Crippen LogP contribution in [0.25, 0.3) is 0 Å². The van der Waals surface area contributed by atoms with Gasteiger partial charge in [0.25, 0.3) is 17.8 Å². The molecule has 29 heavy (non-hydrogen) atoms. The van der Waals surface area contributed by atoms with Gasteiger partial charge in [-0.3, -0.25) is 19.3 Å². The molecule has 0 saturated carbocycles. The first-order chi connectivity index (χ1) is 13.7. The number of hydrogen-bond acceptors (Lipinski definition) is 11. The highest BCUT2D eigenvalue weighted by atomic mass is 32.2. The topological polar surface area (TPSA) is 198 Å². The molecule has 3 rings (SSSR count). The van der Waals surface area contributed by atoms with Gasteiger partial charge in [0.2, 0.25) is 0 Å². The number of carboxylic acids is 1. The summed E-state index contributed by atoms with van der Waals surface area (Å²) < 4.78 is 9.59. The summed E-state index contributed by atoms with van der Waals surface area (Å²) in [5.41, 5.74) is 4.63. The summed E-state index contributed by atoms with van der Waals surface area (Å²) in [5.74, 6) is -3.36. The summed E-state index contributed by atoms with van der Waals surface area (Å²) >= 11 is 1.19. The van der Waals surface area contributed by atoms with Gasteiger partial charge in [-0.1, -0.05) is 5.16 Å². The molecule has 154 valence electrons. The number of thioether (sulfide) groups is 1. The van der Waals surface area contributed by atoms with Crippen LogP contribution >= 0.6 is 11.8 Å². The summed E-state index contributed by atoms with van der Waals surface area (Å²) in [4.78, 5) is 52.2. The van der Waals surface area contributed by atoms with Crippen molar-refractivity contribution in [3.05, 3.63) is 23.2 Å². The van der Waals surface area contributed by atoms with E-state index in [0.29, 0.717) is 0 Å². The van der Waals surface area contributed by atoms with Crippen LogP contribution < -0.4 is 11.1 Å². The highest BCUT2D eigenvalue weighted by molar-refractivity contribution is 8.00. The molecular weight excluding hydrogens is 410 g/mol. The number of oxime groups is 1. The molecule has 1 saturated heterocycles. The van der Waals surface area contributed by atoms with Crippen molar-refractivity contribution < 1.29 is 38.6 Å². The van der Waals surface area contributed by atoms with Gasteiger partial charge >= 0.3 is 11.9 Å². The first-order valence-corrected chi connectivity index (χ1v) is 9.07. The number of esters is 1. The number of oxazole rings is 1. The number of carbonyl (C=O) groups excluding carboxylic acids is 3. The van der Waals surface area contributed by atoms with Gasteiger partial charge in [0.05, 0.1) is 0 Å². The van der Waals surface area contributed by atoms with E-state index in [1.165, 1.54) is 18.7 Å². The number of hydrogen-bond donors (Lipinski definition) is 4. The van der Waals surface area contributed by atoms with Gasteiger partial charge in [0.15, 0.2) is 5.71 Å². The number of aliphatic carboxylic acids is 1. The van der Waals surface area contributed by atoms with Crippen molar-refractivity contribution in [2.75, 3.05) is 18.1 Å². The van der Waals surface area contributed by atoms with Crippen LogP contribution in [0.1, 0.15) is 12.6 Å². The molecule has 0 radical (unpaired) electrons. The zero-order valence-corrected chi connectivity index (χ0v) is 15.6. The summed E-state index contributed by atoms with van der Waals surface area (Å²) in [6, 6.07) is -1.31. The lowest BCUT2D eigenvalue weighted by Crippen LogP contribution is -2.71. The van der Waals surface area contributed by atoms with E-state index in [4.69, 9.17) is 20.1 Å². The molecule has 1 aromatic rings. The Hall–Kier alpha value is -3.55. The molecule has 2 aliphatic rings. The van der Waals surface area contributed by atoms with Crippen LogP contribution in [0, 0.1) is 0 Å². The molecule has 1 aromatic heterocycles. The lowest BCUT2D eigenvalue weighted by molar-refractivity contribution is -0.150. The molecule has 0 aliphatic carbocycles. The van der Waals surface area contributed by atoms with Crippen molar-refractivity contribution in [2.24, 2.45) is 5.16 Å². The number of fused-ring (bicyclic) bond motifs is 1. The highest BCUT2D eigenvalue weighted by Gasteiger charge is 2.54. The van der Waals surface area contributed by atoms with Crippen molar-refractivity contribution in [2.45, 2.75) is 18.3 Å². The summed E-state index contributed by atoms with van der Waals surface area (Å²) in [6.45, 7) is 0.926. The van der Waals surface area contributed by atoms with Crippen LogP contribution in [0.5, 0.6) is 0 Å². The van der Waals surface area contributed by atoms with Crippen LogP contribution in [0.15, 0.2) is 27.1 Å². The van der Waals surface area contributed by atoms with E-state index in [0.717, 1.165) is 11.2 Å². The second-order valence-corrected chi connectivity index (χ2v) is 7.02. The maximum absolute atomic E-state index is 12.5. The average molecular weight is 425 g/mol. The number of nitrogens with two attached hydrogens (primary N) is 1. The van der Waals surface area contributed by atoms with Gasteiger partial charge in [-0.2, -0.15) is 4.98 Å². The number of anilines is 1. The Balaban J connectivity index is 1.76. The van der Waals surface area contributed by atoms with Gasteiger partial charge in [0.1, 0.15) is 35.7 Å². The average Bonchev–Trinajstić information content (AvgIpc) is 3.09. The fraction of sp³-hybridized carbons (Fsp3) is 0.333. The SMILES string of the molecule is CC(=O)OCC1=C(C(=O)O)N2C(=O)C(NC(=O)/C(=N\O)c3coc(N)n3)[C@H]2SC1. The summed E-state index contributed by atoms with van der Waals surface area (Å²) in [7, 11) is 0. The molecule has 2 aliphatic heterocycles. The monoisotopic (exact) mass is 425 g/mol. The summed E-state index contributed by atoms with van der Waals surface area (Å²) in [5, 5.41) is 23.1. The molecule has 2 amide bonds. The molecular formula is C15H15N5O8S. The van der Waals surface area contributed by atoms with Crippen molar-refractivity contribution in [3.8, 4) is 0 Å². The summed E-state index contributed by atoms with van der Waals surface area (Å²) in [6.07, 6.45) is 1.00. The quantitative estimate of drug-likeness (QED) is 0.139. The third-order valence-corrected chi connectivity index (χ3v) is 5.41. The number of carboxylic acid groups (broad SMARTS) is 1. The van der Waals surface area contributed by atoms with E-state index in [-0.39, 0.29) is 35.3 Å². The number of aromatic nitrogens is 1. The molecule has 0 aromatic carbocycles. The minimum absolute atomic E-state index is 0.141. The largest absolute Gasteiger partial charge is 0.477 e. The van der Waals surface area contributed by atoms with E-state index in [1.54, 1.807) is 0 Å². The molecule has 0 spiro atoms. The molecule has 2 atom stereocenters. The number of ether oxygens (including phenoxy) is 1. The zero-order chi connectivity index (χ0) is 21.3. The second kappa shape index (κ2) is 7.83. The molecule has 14 heteroatoms. The number of rotatable bonds is 6. The van der Waals surface area contributed by atoms with Gasteiger partial charge in [0, 0.05) is 18.2 Å². The number of β-lactam (4-membered cyclic amide) rings is 1. The number of amides is 2. The van der Waals surface area contributed by atoms with Crippen molar-refractivity contribution in [1.82, 2.24) is 15.2 Å². The Kier molecular flexibility index (Phi) is 5.45. The first kappa shape index (κ1) is 20.2. The fourth-order valence-electron chi connectivity index (χ4n) is 2.80. The molecule has 3 heterocycles. The van der Waals surface area contributed by atoms with Crippen LogP contribution in [0.4, 0.5) is 6.01 Å². The van der Waals surface area contributed by atoms with Crippen LogP contribution in [-0.4, -0.2) is 73.4 Å². The maximum atomic E-state index is 12.5. The number of nitrogens with zero attached hydrogens (tertiary/aromatic N) is 3. The van der Waals surface area contributed by atoms with Gasteiger partial charge in [-0.25, -0.2) is 4.79 Å². The van der Waals surface area contributed by atoms with Crippen molar-refractivity contribution in [1.29, 1.82) is 0 Å². The van der Waals surface area contributed by atoms with Crippen molar-refractivity contribution >= 4 is 47.2 Å². The van der Waals surface area contributed by atoms with Crippen molar-refractivity contribution in [3.63, 3.8) is 0 Å². The molecule has 5 N–H and O–H groups in total. The first-order valence-electron chi connectivity index (χ1n) is 8.02. The predicted octanol–water partition coefficient (Wildman–Crippen LogP) is -1.26. The predicted molar refractivity (Wildman–Crippen MR) is 95.6 cm³/mol. The van der Waals surface area contributed by atoms with Gasteiger partial charge in [-0.15, -0.1) is 11.8 Å². The molecule has 13 nitrogen and oxygen atoms in total. The van der Waals surface area contributed by atoms with Crippen LogP contribution in [0.2, 0.25) is 0 Å². The lowest BCUT2D eigenvalue weighted by atomic mass is 10.0. The van der Waals surface area contributed by atoms with E-state index in [2.05, 4.69) is 15.5 Å². The zero-order valence-electron chi connectivity index (χ0n) is 14.8.